The summed E-state index contributed by atoms with van der Waals surface area (Å²) in [5, 5.41) is 8.15. The van der Waals surface area contributed by atoms with Crippen LogP contribution in [-0.4, -0.2) is 15.5 Å². The third-order valence-electron chi connectivity index (χ3n) is 1.37. The van der Waals surface area contributed by atoms with Gasteiger partial charge in [0.1, 0.15) is 0 Å². The largest absolute Gasteiger partial charge is 0.275 e. The van der Waals surface area contributed by atoms with Crippen molar-refractivity contribution in [2.24, 2.45) is 5.10 Å². The summed E-state index contributed by atoms with van der Waals surface area (Å²) in [5.41, 5.74) is 4.83. The normalized spacial score (nSPS) is 9.58. The average Bonchev–Trinajstić information content (AvgIpc) is 2.48. The summed E-state index contributed by atoms with van der Waals surface area (Å²) in [5.74, 6) is 0. The van der Waals surface area contributed by atoms with E-state index in [9.17, 15) is 0 Å². The van der Waals surface area contributed by atoms with E-state index in [4.69, 9.17) is 0 Å². The Morgan fingerprint density at radius 1 is 1.67 bits per heavy atom. The molecule has 0 fully saturated rings. The molecule has 0 aliphatic heterocycles. The van der Waals surface area contributed by atoms with Gasteiger partial charge >= 0.3 is 0 Å². The molecule has 0 radical (unpaired) electrons. The predicted octanol–water partition coefficient (Wildman–Crippen LogP) is 1.71. The number of nitrogens with one attached hydrogen (secondary N) is 1. The van der Waals surface area contributed by atoms with Crippen molar-refractivity contribution >= 4 is 11.4 Å². The van der Waals surface area contributed by atoms with E-state index in [2.05, 4.69) is 15.6 Å². The van der Waals surface area contributed by atoms with Crippen LogP contribution in [-0.2, 0) is 6.54 Å². The van der Waals surface area contributed by atoms with Crippen LogP contribution in [0.15, 0.2) is 17.5 Å². The maximum absolute atomic E-state index is 4.10. The van der Waals surface area contributed by atoms with E-state index in [1.807, 2.05) is 31.6 Å². The molecule has 66 valence electrons. The van der Waals surface area contributed by atoms with Crippen LogP contribution in [0, 0.1) is 0 Å². The van der Waals surface area contributed by atoms with Crippen molar-refractivity contribution in [2.75, 3.05) is 5.43 Å². The molecule has 4 nitrogen and oxygen atoms in total. The minimum Gasteiger partial charge on any atom is -0.275 e. The number of aromatic nitrogens is 2. The zero-order chi connectivity index (χ0) is 8.97. The van der Waals surface area contributed by atoms with Crippen LogP contribution in [0.4, 0.5) is 5.69 Å². The highest BCUT2D eigenvalue weighted by Crippen LogP contribution is 2.03. The van der Waals surface area contributed by atoms with Crippen LogP contribution in [0.5, 0.6) is 0 Å². The van der Waals surface area contributed by atoms with Crippen LogP contribution < -0.4 is 5.43 Å². The molecule has 1 N–H and O–H groups in total. The average molecular weight is 166 g/mol. The standard InChI is InChI=1S/C8H14N4/c1-4-12-6-8(5-9-12)11-10-7(2)3/h5-6,11H,4H2,1-3H3. The molecule has 1 aromatic rings. The number of anilines is 1. The maximum Gasteiger partial charge on any atom is 0.0941 e. The maximum atomic E-state index is 4.10. The van der Waals surface area contributed by atoms with Gasteiger partial charge in [-0.15, -0.1) is 0 Å². The number of rotatable bonds is 3. The third-order valence-corrected chi connectivity index (χ3v) is 1.37. The molecule has 0 saturated carbocycles. The van der Waals surface area contributed by atoms with Gasteiger partial charge in [0.25, 0.3) is 0 Å². The second-order valence-electron chi connectivity index (χ2n) is 2.76. The Hall–Kier alpha value is -1.32. The van der Waals surface area contributed by atoms with Crippen molar-refractivity contribution in [2.45, 2.75) is 27.3 Å². The van der Waals surface area contributed by atoms with Gasteiger partial charge in [-0.3, -0.25) is 10.1 Å². The molecule has 0 aromatic carbocycles. The molecule has 0 aliphatic rings. The Bertz CT molecular complexity index is 270. The molecule has 0 aliphatic carbocycles. The number of nitrogens with zero attached hydrogens (tertiary/aromatic N) is 3. The van der Waals surface area contributed by atoms with Crippen LogP contribution in [0.25, 0.3) is 0 Å². The summed E-state index contributed by atoms with van der Waals surface area (Å²) >= 11 is 0. The number of hydrogen-bond donors (Lipinski definition) is 1. The van der Waals surface area contributed by atoms with E-state index in [1.54, 1.807) is 6.20 Å². The lowest BCUT2D eigenvalue weighted by atomic mass is 10.5. The molecular formula is C8H14N4. The minimum absolute atomic E-state index is 0.885. The van der Waals surface area contributed by atoms with Crippen LogP contribution in [0.1, 0.15) is 20.8 Å². The molecule has 4 heteroatoms. The SMILES string of the molecule is CCn1cc(NN=C(C)C)cn1. The summed E-state index contributed by atoms with van der Waals surface area (Å²) in [7, 11) is 0. The first kappa shape index (κ1) is 8.77. The first-order valence-electron chi connectivity index (χ1n) is 4.01. The fourth-order valence-corrected chi connectivity index (χ4v) is 0.771. The Kier molecular flexibility index (Phi) is 2.85. The van der Waals surface area contributed by atoms with Gasteiger partial charge in [-0.2, -0.15) is 10.2 Å². The van der Waals surface area contributed by atoms with Crippen LogP contribution in [0.2, 0.25) is 0 Å². The molecule has 1 aromatic heterocycles. The van der Waals surface area contributed by atoms with E-state index >= 15 is 0 Å². The smallest absolute Gasteiger partial charge is 0.0941 e. The zero-order valence-electron chi connectivity index (χ0n) is 7.70. The van der Waals surface area contributed by atoms with Gasteiger partial charge in [-0.1, -0.05) is 0 Å². The van der Waals surface area contributed by atoms with Gasteiger partial charge in [0, 0.05) is 18.5 Å². The molecule has 0 saturated heterocycles. The molecular weight excluding hydrogens is 152 g/mol. The fourth-order valence-electron chi connectivity index (χ4n) is 0.771. The topological polar surface area (TPSA) is 42.2 Å². The first-order chi connectivity index (χ1) is 5.72. The van der Waals surface area contributed by atoms with Crippen molar-refractivity contribution in [3.05, 3.63) is 12.4 Å². The highest BCUT2D eigenvalue weighted by molar-refractivity contribution is 5.79. The number of hydrogen-bond acceptors (Lipinski definition) is 3. The van der Waals surface area contributed by atoms with Crippen molar-refractivity contribution in [1.82, 2.24) is 9.78 Å². The van der Waals surface area contributed by atoms with Crippen LogP contribution in [0.3, 0.4) is 0 Å². The first-order valence-corrected chi connectivity index (χ1v) is 4.01. The van der Waals surface area contributed by atoms with Crippen LogP contribution >= 0.6 is 0 Å². The molecule has 0 spiro atoms. The molecule has 1 rings (SSSR count). The van der Waals surface area contributed by atoms with Crippen molar-refractivity contribution in [3.8, 4) is 0 Å². The molecule has 0 bridgehead atoms. The van der Waals surface area contributed by atoms with E-state index in [0.717, 1.165) is 17.9 Å². The Morgan fingerprint density at radius 2 is 2.42 bits per heavy atom. The van der Waals surface area contributed by atoms with E-state index in [0.29, 0.717) is 0 Å². The molecule has 12 heavy (non-hydrogen) atoms. The van der Waals surface area contributed by atoms with Gasteiger partial charge in [-0.25, -0.2) is 0 Å². The third kappa shape index (κ3) is 2.38. The van der Waals surface area contributed by atoms with E-state index < -0.39 is 0 Å². The monoisotopic (exact) mass is 166 g/mol. The van der Waals surface area contributed by atoms with Crippen molar-refractivity contribution < 1.29 is 0 Å². The summed E-state index contributed by atoms with van der Waals surface area (Å²) in [6.45, 7) is 6.82. The Balaban J connectivity index is 2.58. The zero-order valence-corrected chi connectivity index (χ0v) is 7.70. The van der Waals surface area contributed by atoms with Crippen molar-refractivity contribution in [3.63, 3.8) is 0 Å². The van der Waals surface area contributed by atoms with Gasteiger partial charge in [0.15, 0.2) is 0 Å². The second kappa shape index (κ2) is 3.90. The predicted molar refractivity (Wildman–Crippen MR) is 50.3 cm³/mol. The summed E-state index contributed by atoms with van der Waals surface area (Å²) in [6, 6.07) is 0. The summed E-state index contributed by atoms with van der Waals surface area (Å²) in [4.78, 5) is 0. The molecule has 0 unspecified atom stereocenters. The van der Waals surface area contributed by atoms with Gasteiger partial charge in [-0.05, 0) is 20.8 Å². The lowest BCUT2D eigenvalue weighted by Gasteiger charge is -1.94. The van der Waals surface area contributed by atoms with E-state index in [-0.39, 0.29) is 0 Å². The number of hydrazone groups is 1. The highest BCUT2D eigenvalue weighted by Gasteiger charge is 1.93. The summed E-state index contributed by atoms with van der Waals surface area (Å²) in [6.07, 6.45) is 3.68. The fraction of sp³-hybridized carbons (Fsp3) is 0.500. The molecule has 0 atom stereocenters. The van der Waals surface area contributed by atoms with E-state index in [1.165, 1.54) is 0 Å². The Labute approximate surface area is 72.3 Å². The highest BCUT2D eigenvalue weighted by atomic mass is 15.3. The lowest BCUT2D eigenvalue weighted by Crippen LogP contribution is -1.93. The quantitative estimate of drug-likeness (QED) is 0.548. The van der Waals surface area contributed by atoms with Crippen molar-refractivity contribution in [1.29, 1.82) is 0 Å². The second-order valence-corrected chi connectivity index (χ2v) is 2.76. The van der Waals surface area contributed by atoms with Gasteiger partial charge in [0.05, 0.1) is 11.9 Å². The summed E-state index contributed by atoms with van der Waals surface area (Å²) < 4.78 is 1.85. The lowest BCUT2D eigenvalue weighted by molar-refractivity contribution is 0.660. The van der Waals surface area contributed by atoms with Gasteiger partial charge in [0.2, 0.25) is 0 Å². The molecule has 1 heterocycles. The Morgan fingerprint density at radius 3 is 2.92 bits per heavy atom. The number of aryl methyl sites for hydroxylation is 1. The molecule has 0 amide bonds. The minimum atomic E-state index is 0.885. The van der Waals surface area contributed by atoms with Gasteiger partial charge < -0.3 is 0 Å².